The summed E-state index contributed by atoms with van der Waals surface area (Å²) in [5.74, 6) is 2.10. The van der Waals surface area contributed by atoms with Crippen LogP contribution in [0.2, 0.25) is 0 Å². The van der Waals surface area contributed by atoms with Crippen molar-refractivity contribution < 1.29 is 9.53 Å². The van der Waals surface area contributed by atoms with Crippen LogP contribution in [0.1, 0.15) is 34.5 Å². The monoisotopic (exact) mass is 362 g/mol. The fraction of sp³-hybridized carbons (Fsp3) is 0.562. The van der Waals surface area contributed by atoms with E-state index in [2.05, 4.69) is 31.4 Å². The highest BCUT2D eigenvalue weighted by molar-refractivity contribution is 7.08. The second-order valence-electron chi connectivity index (χ2n) is 5.89. The second-order valence-corrected chi connectivity index (χ2v) is 6.65. The first-order valence-electron chi connectivity index (χ1n) is 8.37. The topological polar surface area (TPSA) is 84.3 Å². The van der Waals surface area contributed by atoms with Gasteiger partial charge in [0, 0.05) is 32.2 Å². The van der Waals surface area contributed by atoms with Gasteiger partial charge in [0.1, 0.15) is 16.5 Å². The Morgan fingerprint density at radius 2 is 2.04 bits per heavy atom. The van der Waals surface area contributed by atoms with Crippen molar-refractivity contribution in [2.24, 2.45) is 0 Å². The molecule has 0 saturated carbocycles. The number of hydrogen-bond acceptors (Lipinski definition) is 8. The number of hydrogen-bond donors (Lipinski definition) is 0. The van der Waals surface area contributed by atoms with E-state index in [1.54, 1.807) is 7.11 Å². The summed E-state index contributed by atoms with van der Waals surface area (Å²) in [7, 11) is 1.60. The van der Waals surface area contributed by atoms with Crippen LogP contribution in [0.3, 0.4) is 0 Å². The number of anilines is 1. The summed E-state index contributed by atoms with van der Waals surface area (Å²) in [5.41, 5.74) is 0.816. The van der Waals surface area contributed by atoms with Gasteiger partial charge in [0.05, 0.1) is 12.8 Å². The number of carbonyl (C=O) groups excluding carboxylic acids is 1. The van der Waals surface area contributed by atoms with Gasteiger partial charge in [-0.15, -0.1) is 5.10 Å². The third-order valence-electron chi connectivity index (χ3n) is 4.14. The van der Waals surface area contributed by atoms with Crippen LogP contribution in [0, 0.1) is 6.92 Å². The lowest BCUT2D eigenvalue weighted by atomic mass is 10.2. The molecular formula is C16H22N6O2S. The van der Waals surface area contributed by atoms with Crippen molar-refractivity contribution in [1.82, 2.24) is 24.5 Å². The summed E-state index contributed by atoms with van der Waals surface area (Å²) < 4.78 is 9.17. The number of aryl methyl sites for hydroxylation is 2. The van der Waals surface area contributed by atoms with E-state index in [9.17, 15) is 4.79 Å². The zero-order chi connectivity index (χ0) is 17.8. The predicted molar refractivity (Wildman–Crippen MR) is 95.3 cm³/mol. The van der Waals surface area contributed by atoms with Crippen molar-refractivity contribution in [1.29, 1.82) is 0 Å². The van der Waals surface area contributed by atoms with E-state index in [1.165, 1.54) is 11.5 Å². The number of amides is 1. The number of nitrogens with zero attached hydrogens (tertiary/aromatic N) is 6. The molecule has 0 spiro atoms. The van der Waals surface area contributed by atoms with Gasteiger partial charge in [-0.2, -0.15) is 4.98 Å². The first-order valence-corrected chi connectivity index (χ1v) is 9.14. The number of aromatic nitrogens is 4. The van der Waals surface area contributed by atoms with E-state index in [4.69, 9.17) is 4.74 Å². The molecule has 0 radical (unpaired) electrons. The number of piperazine rings is 1. The molecule has 9 heteroatoms. The molecule has 0 bridgehead atoms. The summed E-state index contributed by atoms with van der Waals surface area (Å²) in [5, 5.41) is 4.09. The maximum Gasteiger partial charge on any atom is 0.267 e. The predicted octanol–water partition coefficient (Wildman–Crippen LogP) is 1.56. The van der Waals surface area contributed by atoms with Crippen molar-refractivity contribution in [3.8, 4) is 5.88 Å². The standard InChI is InChI=1S/C16H22N6O2S/c1-4-5-12-15(25-20-19-12)16(23)22-8-6-21(7-9-22)13-10-14(24-3)18-11(2)17-13/h10H,4-9H2,1-3H3. The molecule has 3 rings (SSSR count). The zero-order valence-corrected chi connectivity index (χ0v) is 15.5. The number of methoxy groups -OCH3 is 1. The largest absolute Gasteiger partial charge is 0.481 e. The van der Waals surface area contributed by atoms with Gasteiger partial charge in [-0.25, -0.2) is 4.98 Å². The Morgan fingerprint density at radius 3 is 2.72 bits per heavy atom. The maximum absolute atomic E-state index is 12.7. The Morgan fingerprint density at radius 1 is 1.28 bits per heavy atom. The minimum Gasteiger partial charge on any atom is -0.481 e. The first-order chi connectivity index (χ1) is 12.1. The molecule has 8 nitrogen and oxygen atoms in total. The molecule has 0 aromatic carbocycles. The third-order valence-corrected chi connectivity index (χ3v) is 4.89. The number of carbonyl (C=O) groups is 1. The van der Waals surface area contributed by atoms with Gasteiger partial charge in [-0.3, -0.25) is 4.79 Å². The van der Waals surface area contributed by atoms with Crippen LogP contribution in [-0.4, -0.2) is 63.7 Å². The lowest BCUT2D eigenvalue weighted by molar-refractivity contribution is 0.0750. The van der Waals surface area contributed by atoms with Gasteiger partial charge < -0.3 is 14.5 Å². The molecule has 134 valence electrons. The molecule has 25 heavy (non-hydrogen) atoms. The minimum absolute atomic E-state index is 0.0366. The molecule has 2 aromatic rings. The van der Waals surface area contributed by atoms with E-state index in [0.717, 1.165) is 37.4 Å². The average Bonchev–Trinajstić information content (AvgIpc) is 3.09. The first kappa shape index (κ1) is 17.5. The minimum atomic E-state index is 0.0366. The zero-order valence-electron chi connectivity index (χ0n) is 14.7. The Balaban J connectivity index is 1.66. The van der Waals surface area contributed by atoms with Crippen LogP contribution in [-0.2, 0) is 6.42 Å². The SMILES string of the molecule is CCCc1nnsc1C(=O)N1CCN(c2cc(OC)nc(C)n2)CC1. The molecule has 0 N–H and O–H groups in total. The highest BCUT2D eigenvalue weighted by atomic mass is 32.1. The van der Waals surface area contributed by atoms with Crippen molar-refractivity contribution in [3.05, 3.63) is 22.5 Å². The smallest absolute Gasteiger partial charge is 0.267 e. The molecular weight excluding hydrogens is 340 g/mol. The summed E-state index contributed by atoms with van der Waals surface area (Å²) in [6.45, 7) is 6.66. The normalized spacial score (nSPS) is 14.7. The van der Waals surface area contributed by atoms with Crippen LogP contribution in [0.25, 0.3) is 0 Å². The van der Waals surface area contributed by atoms with Gasteiger partial charge in [-0.05, 0) is 24.9 Å². The van der Waals surface area contributed by atoms with Gasteiger partial charge in [-0.1, -0.05) is 17.8 Å². The van der Waals surface area contributed by atoms with Gasteiger partial charge in [0.25, 0.3) is 5.91 Å². The van der Waals surface area contributed by atoms with Gasteiger partial charge >= 0.3 is 0 Å². The van der Waals surface area contributed by atoms with Crippen LogP contribution >= 0.6 is 11.5 Å². The van der Waals surface area contributed by atoms with E-state index in [-0.39, 0.29) is 5.91 Å². The van der Waals surface area contributed by atoms with Gasteiger partial charge in [0.2, 0.25) is 5.88 Å². The fourth-order valence-electron chi connectivity index (χ4n) is 2.85. The average molecular weight is 362 g/mol. The van der Waals surface area contributed by atoms with E-state index >= 15 is 0 Å². The van der Waals surface area contributed by atoms with Crippen molar-refractivity contribution in [3.63, 3.8) is 0 Å². The Kier molecular flexibility index (Phi) is 5.42. The summed E-state index contributed by atoms with van der Waals surface area (Å²) in [4.78, 5) is 26.1. The molecule has 1 fully saturated rings. The molecule has 2 aromatic heterocycles. The van der Waals surface area contributed by atoms with Crippen molar-refractivity contribution in [2.45, 2.75) is 26.7 Å². The van der Waals surface area contributed by atoms with Crippen molar-refractivity contribution >= 4 is 23.3 Å². The summed E-state index contributed by atoms with van der Waals surface area (Å²) in [6, 6.07) is 1.83. The highest BCUT2D eigenvalue weighted by Gasteiger charge is 2.26. The Hall–Kier alpha value is -2.29. The quantitative estimate of drug-likeness (QED) is 0.798. The van der Waals surface area contributed by atoms with Crippen LogP contribution < -0.4 is 9.64 Å². The van der Waals surface area contributed by atoms with E-state index < -0.39 is 0 Å². The maximum atomic E-state index is 12.7. The summed E-state index contributed by atoms with van der Waals surface area (Å²) in [6.07, 6.45) is 1.74. The fourth-order valence-corrected chi connectivity index (χ4v) is 3.52. The van der Waals surface area contributed by atoms with E-state index in [0.29, 0.717) is 29.7 Å². The lowest BCUT2D eigenvalue weighted by Gasteiger charge is -2.35. The molecule has 3 heterocycles. The van der Waals surface area contributed by atoms with Crippen LogP contribution in [0.4, 0.5) is 5.82 Å². The van der Waals surface area contributed by atoms with Crippen LogP contribution in [0.5, 0.6) is 5.88 Å². The molecule has 0 unspecified atom stereocenters. The molecule has 1 aliphatic rings. The number of rotatable bonds is 5. The Bertz CT molecular complexity index is 742. The molecule has 0 atom stereocenters. The lowest BCUT2D eigenvalue weighted by Crippen LogP contribution is -2.49. The molecule has 0 aliphatic carbocycles. The molecule has 1 aliphatic heterocycles. The molecule has 1 saturated heterocycles. The summed E-state index contributed by atoms with van der Waals surface area (Å²) >= 11 is 1.19. The Labute approximate surface area is 151 Å². The van der Waals surface area contributed by atoms with Crippen molar-refractivity contribution in [2.75, 3.05) is 38.2 Å². The number of ether oxygens (including phenoxy) is 1. The highest BCUT2D eigenvalue weighted by Crippen LogP contribution is 2.21. The third kappa shape index (κ3) is 3.87. The van der Waals surface area contributed by atoms with Crippen LogP contribution in [0.15, 0.2) is 6.07 Å². The van der Waals surface area contributed by atoms with E-state index in [1.807, 2.05) is 17.9 Å². The second kappa shape index (κ2) is 7.73. The molecule has 1 amide bonds. The van der Waals surface area contributed by atoms with Gasteiger partial charge in [0.15, 0.2) is 0 Å².